The number of carbonyl (C=O) groups is 3. The maximum atomic E-state index is 11.6. The van der Waals surface area contributed by atoms with Crippen molar-refractivity contribution >= 4 is 23.5 Å². The third-order valence-corrected chi connectivity index (χ3v) is 2.46. The van der Waals surface area contributed by atoms with Crippen molar-refractivity contribution in [3.63, 3.8) is 0 Å². The van der Waals surface area contributed by atoms with Gasteiger partial charge in [-0.3, -0.25) is 14.4 Å². The third-order valence-electron chi connectivity index (χ3n) is 2.46. The van der Waals surface area contributed by atoms with Crippen LogP contribution < -0.4 is 10.6 Å². The fraction of sp³-hybridized carbons (Fsp3) is 0.308. The molecule has 0 aliphatic carbocycles. The predicted molar refractivity (Wildman–Crippen MR) is 71.2 cm³/mol. The minimum absolute atomic E-state index is 0.0239. The number of hydrogen-bond acceptors (Lipinski definition) is 4. The molecular weight excluding hydrogens is 264 g/mol. The third kappa shape index (κ3) is 5.38. The van der Waals surface area contributed by atoms with Gasteiger partial charge in [0.25, 0.3) is 0 Å². The fourth-order valence-corrected chi connectivity index (χ4v) is 1.41. The summed E-state index contributed by atoms with van der Waals surface area (Å²) in [5.41, 5.74) is 0.425. The van der Waals surface area contributed by atoms with Crippen molar-refractivity contribution in [3.05, 3.63) is 24.3 Å². The number of carboxylic acid groups (broad SMARTS) is 1. The smallest absolute Gasteiger partial charge is 0.325 e. The molecule has 7 heteroatoms. The first-order chi connectivity index (χ1) is 9.38. The summed E-state index contributed by atoms with van der Waals surface area (Å²) in [5.74, 6) is -2.02. The van der Waals surface area contributed by atoms with E-state index in [4.69, 9.17) is 5.11 Å². The van der Waals surface area contributed by atoms with Crippen LogP contribution in [0.1, 0.15) is 19.8 Å². The SMILES string of the molecule is CC(NC(=O)CCC(=O)Nc1cccc(O)c1)C(=O)O. The highest BCUT2D eigenvalue weighted by Gasteiger charge is 2.14. The van der Waals surface area contributed by atoms with E-state index in [0.717, 1.165) is 0 Å². The maximum absolute atomic E-state index is 11.6. The van der Waals surface area contributed by atoms with Crippen molar-refractivity contribution in [1.82, 2.24) is 5.32 Å². The topological polar surface area (TPSA) is 116 Å². The first kappa shape index (κ1) is 15.5. The van der Waals surface area contributed by atoms with Crippen LogP contribution in [0.3, 0.4) is 0 Å². The highest BCUT2D eigenvalue weighted by Crippen LogP contribution is 2.15. The Hall–Kier alpha value is -2.57. The van der Waals surface area contributed by atoms with Gasteiger partial charge in [-0.1, -0.05) is 6.07 Å². The highest BCUT2D eigenvalue weighted by atomic mass is 16.4. The van der Waals surface area contributed by atoms with Gasteiger partial charge >= 0.3 is 5.97 Å². The molecular formula is C13H16N2O5. The van der Waals surface area contributed by atoms with E-state index in [9.17, 15) is 19.5 Å². The van der Waals surface area contributed by atoms with Gasteiger partial charge in [-0.2, -0.15) is 0 Å². The molecule has 1 atom stereocenters. The summed E-state index contributed by atoms with van der Waals surface area (Å²) >= 11 is 0. The van der Waals surface area contributed by atoms with E-state index >= 15 is 0 Å². The lowest BCUT2D eigenvalue weighted by Gasteiger charge is -2.09. The number of anilines is 1. The normalized spacial score (nSPS) is 11.4. The molecule has 0 aliphatic heterocycles. The van der Waals surface area contributed by atoms with Gasteiger partial charge in [0.05, 0.1) is 0 Å². The van der Waals surface area contributed by atoms with Crippen LogP contribution in [0.5, 0.6) is 5.75 Å². The molecule has 1 aromatic rings. The molecule has 0 fully saturated rings. The molecule has 0 bridgehead atoms. The van der Waals surface area contributed by atoms with Crippen LogP contribution in [0.4, 0.5) is 5.69 Å². The van der Waals surface area contributed by atoms with E-state index in [1.54, 1.807) is 12.1 Å². The average molecular weight is 280 g/mol. The van der Waals surface area contributed by atoms with Gasteiger partial charge in [0.2, 0.25) is 11.8 Å². The summed E-state index contributed by atoms with van der Waals surface area (Å²) in [4.78, 5) is 33.5. The summed E-state index contributed by atoms with van der Waals surface area (Å²) in [5, 5.41) is 22.6. The lowest BCUT2D eigenvalue weighted by Crippen LogP contribution is -2.38. The Morgan fingerprint density at radius 1 is 1.20 bits per heavy atom. The van der Waals surface area contributed by atoms with Gasteiger partial charge in [-0.05, 0) is 19.1 Å². The Morgan fingerprint density at radius 3 is 2.45 bits per heavy atom. The van der Waals surface area contributed by atoms with Crippen molar-refractivity contribution in [1.29, 1.82) is 0 Å². The number of carboxylic acids is 1. The molecule has 2 amide bonds. The molecule has 0 saturated carbocycles. The Balaban J connectivity index is 2.36. The second-order valence-corrected chi connectivity index (χ2v) is 4.23. The van der Waals surface area contributed by atoms with Gasteiger partial charge in [0.15, 0.2) is 0 Å². The molecule has 4 N–H and O–H groups in total. The molecule has 0 radical (unpaired) electrons. The quantitative estimate of drug-likeness (QED) is 0.612. The summed E-state index contributed by atoms with van der Waals surface area (Å²) < 4.78 is 0. The van der Waals surface area contributed by atoms with E-state index in [1.165, 1.54) is 19.1 Å². The zero-order valence-electron chi connectivity index (χ0n) is 10.9. The lowest BCUT2D eigenvalue weighted by atomic mass is 10.2. The molecule has 0 saturated heterocycles. The molecule has 7 nitrogen and oxygen atoms in total. The summed E-state index contributed by atoms with van der Waals surface area (Å²) in [7, 11) is 0. The van der Waals surface area contributed by atoms with Crippen LogP contribution in [-0.4, -0.2) is 34.0 Å². The number of nitrogens with one attached hydrogen (secondary N) is 2. The number of phenolic OH excluding ortho intramolecular Hbond substituents is 1. The molecule has 0 spiro atoms. The first-order valence-electron chi connectivity index (χ1n) is 5.99. The van der Waals surface area contributed by atoms with Crippen molar-refractivity contribution in [2.45, 2.75) is 25.8 Å². The number of phenols is 1. The molecule has 1 unspecified atom stereocenters. The van der Waals surface area contributed by atoms with Crippen LogP contribution in [0.2, 0.25) is 0 Å². The highest BCUT2D eigenvalue weighted by molar-refractivity contribution is 5.93. The van der Waals surface area contributed by atoms with Crippen molar-refractivity contribution in [2.24, 2.45) is 0 Å². The molecule has 0 aromatic heterocycles. The molecule has 20 heavy (non-hydrogen) atoms. The summed E-state index contributed by atoms with van der Waals surface area (Å²) in [6, 6.07) is 5.04. The van der Waals surface area contributed by atoms with Crippen molar-refractivity contribution in [3.8, 4) is 5.75 Å². The zero-order valence-corrected chi connectivity index (χ0v) is 10.9. The monoisotopic (exact) mass is 280 g/mol. The largest absolute Gasteiger partial charge is 0.508 e. The van der Waals surface area contributed by atoms with Gasteiger partial charge in [-0.25, -0.2) is 0 Å². The van der Waals surface area contributed by atoms with E-state index < -0.39 is 23.8 Å². The Kier molecular flexibility index (Phi) is 5.52. The molecule has 1 aromatic carbocycles. The number of aliphatic carboxylic acids is 1. The number of hydrogen-bond donors (Lipinski definition) is 4. The number of carbonyl (C=O) groups excluding carboxylic acids is 2. The van der Waals surface area contributed by atoms with E-state index in [0.29, 0.717) is 5.69 Å². The zero-order chi connectivity index (χ0) is 15.1. The summed E-state index contributed by atoms with van der Waals surface area (Å²) in [6.07, 6.45) is -0.184. The van der Waals surface area contributed by atoms with Crippen LogP contribution in [0.25, 0.3) is 0 Å². The minimum atomic E-state index is -1.14. The molecule has 1 rings (SSSR count). The van der Waals surface area contributed by atoms with Crippen LogP contribution in [0, 0.1) is 0 Å². The minimum Gasteiger partial charge on any atom is -0.508 e. The Morgan fingerprint density at radius 2 is 1.85 bits per heavy atom. The number of benzene rings is 1. The fourth-order valence-electron chi connectivity index (χ4n) is 1.41. The molecule has 0 aliphatic rings. The van der Waals surface area contributed by atoms with Crippen LogP contribution in [-0.2, 0) is 14.4 Å². The number of aromatic hydroxyl groups is 1. The maximum Gasteiger partial charge on any atom is 0.325 e. The van der Waals surface area contributed by atoms with Gasteiger partial charge in [0.1, 0.15) is 11.8 Å². The van der Waals surface area contributed by atoms with Crippen LogP contribution in [0.15, 0.2) is 24.3 Å². The Bertz CT molecular complexity index is 515. The number of rotatable bonds is 6. The average Bonchev–Trinajstić information content (AvgIpc) is 2.36. The van der Waals surface area contributed by atoms with Crippen molar-refractivity contribution in [2.75, 3.05) is 5.32 Å². The standard InChI is InChI=1S/C13H16N2O5/c1-8(13(19)20)14-11(17)5-6-12(18)15-9-3-2-4-10(16)7-9/h2-4,7-8,16H,5-6H2,1H3,(H,14,17)(H,15,18)(H,19,20). The molecule has 108 valence electrons. The Labute approximate surface area is 115 Å². The number of amides is 2. The molecule has 0 heterocycles. The van der Waals surface area contributed by atoms with Crippen molar-refractivity contribution < 1.29 is 24.6 Å². The van der Waals surface area contributed by atoms with Gasteiger partial charge < -0.3 is 20.8 Å². The summed E-state index contributed by atoms with van der Waals surface area (Å²) in [6.45, 7) is 1.34. The second-order valence-electron chi connectivity index (χ2n) is 4.23. The first-order valence-corrected chi connectivity index (χ1v) is 5.99. The van der Waals surface area contributed by atoms with E-state index in [-0.39, 0.29) is 18.6 Å². The lowest BCUT2D eigenvalue weighted by molar-refractivity contribution is -0.141. The van der Waals surface area contributed by atoms with Gasteiger partial charge in [-0.15, -0.1) is 0 Å². The van der Waals surface area contributed by atoms with Crippen LogP contribution >= 0.6 is 0 Å². The second kappa shape index (κ2) is 7.13. The van der Waals surface area contributed by atoms with E-state index in [2.05, 4.69) is 10.6 Å². The van der Waals surface area contributed by atoms with Gasteiger partial charge in [0, 0.05) is 24.6 Å². The predicted octanol–water partition coefficient (Wildman–Crippen LogP) is 0.700. The van der Waals surface area contributed by atoms with E-state index in [1.807, 2.05) is 0 Å².